The van der Waals surface area contributed by atoms with Crippen LogP contribution in [0, 0.1) is 17.2 Å². The molecule has 5 heteroatoms. The number of thiocarbonyl (C=S) groups is 1. The summed E-state index contributed by atoms with van der Waals surface area (Å²) < 4.78 is 13.4. The average Bonchev–Trinajstić information content (AvgIpc) is 2.76. The van der Waals surface area contributed by atoms with E-state index in [1.807, 2.05) is 0 Å². The Labute approximate surface area is 122 Å². The summed E-state index contributed by atoms with van der Waals surface area (Å²) in [4.78, 5) is 14.8. The maximum Gasteiger partial charge on any atom is 0.240 e. The summed E-state index contributed by atoms with van der Waals surface area (Å²) in [6, 6.07) is 4.60. The minimum absolute atomic E-state index is 0.0625. The van der Waals surface area contributed by atoms with E-state index in [4.69, 9.17) is 18.0 Å². The predicted molar refractivity (Wildman–Crippen MR) is 80.1 cm³/mol. The molecule has 1 aliphatic carbocycles. The molecule has 20 heavy (non-hydrogen) atoms. The number of nitrogens with two attached hydrogens (primary N) is 1. The lowest BCUT2D eigenvalue weighted by Crippen LogP contribution is -2.57. The van der Waals surface area contributed by atoms with Crippen molar-refractivity contribution in [2.24, 2.45) is 17.1 Å². The van der Waals surface area contributed by atoms with Crippen molar-refractivity contribution in [1.29, 1.82) is 0 Å². The zero-order valence-electron chi connectivity index (χ0n) is 11.4. The lowest BCUT2D eigenvalue weighted by molar-refractivity contribution is -0.129. The Morgan fingerprint density at radius 3 is 2.80 bits per heavy atom. The van der Waals surface area contributed by atoms with Crippen LogP contribution in [0.3, 0.4) is 0 Å². The molecule has 0 saturated heterocycles. The van der Waals surface area contributed by atoms with E-state index in [1.165, 1.54) is 12.1 Å². The number of fused-ring (bicyclic) bond motifs is 1. The van der Waals surface area contributed by atoms with Gasteiger partial charge in [-0.1, -0.05) is 25.2 Å². The summed E-state index contributed by atoms with van der Waals surface area (Å²) in [6.07, 6.45) is 2.15. The molecule has 1 saturated carbocycles. The number of nitrogens with zero attached hydrogens (tertiary/aromatic N) is 1. The van der Waals surface area contributed by atoms with Gasteiger partial charge in [-0.15, -0.1) is 0 Å². The lowest BCUT2D eigenvalue weighted by atomic mass is 9.61. The van der Waals surface area contributed by atoms with Crippen LogP contribution in [0.1, 0.15) is 25.3 Å². The van der Waals surface area contributed by atoms with Crippen LogP contribution in [-0.2, 0) is 11.2 Å². The molecule has 3 rings (SSSR count). The van der Waals surface area contributed by atoms with Gasteiger partial charge in [-0.05, 0) is 42.9 Å². The topological polar surface area (TPSA) is 46.3 Å². The van der Waals surface area contributed by atoms with Gasteiger partial charge in [0.05, 0.1) is 10.4 Å². The van der Waals surface area contributed by atoms with Crippen molar-refractivity contribution in [2.75, 3.05) is 11.4 Å². The van der Waals surface area contributed by atoms with Gasteiger partial charge >= 0.3 is 0 Å². The molecule has 0 radical (unpaired) electrons. The second-order valence-electron chi connectivity index (χ2n) is 5.94. The molecule has 1 fully saturated rings. The largest absolute Gasteiger partial charge is 0.392 e. The van der Waals surface area contributed by atoms with Crippen molar-refractivity contribution in [3.8, 4) is 0 Å². The third kappa shape index (κ3) is 1.84. The third-order valence-electron chi connectivity index (χ3n) is 4.46. The van der Waals surface area contributed by atoms with Gasteiger partial charge in [0.15, 0.2) is 0 Å². The fourth-order valence-electron chi connectivity index (χ4n) is 3.43. The molecule has 2 aliphatic rings. The highest BCUT2D eigenvalue weighted by Gasteiger charge is 2.53. The zero-order valence-corrected chi connectivity index (χ0v) is 12.2. The van der Waals surface area contributed by atoms with Crippen LogP contribution in [0.2, 0.25) is 0 Å². The van der Waals surface area contributed by atoms with E-state index in [9.17, 15) is 9.18 Å². The zero-order chi connectivity index (χ0) is 14.5. The van der Waals surface area contributed by atoms with Crippen LogP contribution < -0.4 is 10.6 Å². The highest BCUT2D eigenvalue weighted by molar-refractivity contribution is 7.80. The molecule has 1 amide bonds. The molecule has 106 valence electrons. The smallest absolute Gasteiger partial charge is 0.240 e. The van der Waals surface area contributed by atoms with Gasteiger partial charge in [-0.3, -0.25) is 4.79 Å². The van der Waals surface area contributed by atoms with E-state index < -0.39 is 5.41 Å². The molecular formula is C15H17FN2OS. The number of hydrogen-bond donors (Lipinski definition) is 1. The van der Waals surface area contributed by atoms with Crippen LogP contribution in [-0.4, -0.2) is 17.4 Å². The first-order valence-electron chi connectivity index (χ1n) is 6.84. The molecule has 1 aliphatic heterocycles. The number of halogens is 1. The van der Waals surface area contributed by atoms with Crippen molar-refractivity contribution < 1.29 is 9.18 Å². The molecule has 0 aromatic heterocycles. The predicted octanol–water partition coefficient (Wildman–Crippen LogP) is 2.42. The average molecular weight is 292 g/mol. The number of rotatable bonds is 2. The number of hydrogen-bond acceptors (Lipinski definition) is 2. The molecule has 0 atom stereocenters. The molecule has 1 heterocycles. The van der Waals surface area contributed by atoms with Gasteiger partial charge < -0.3 is 10.6 Å². The standard InChI is InChI=1S/C15H17FN2OS/c1-9-7-15(8-9,13(17)20)14(19)18-5-4-10-2-3-11(16)6-12(10)18/h2-3,6,9H,4-5,7-8H2,1H3,(H2,17,20). The monoisotopic (exact) mass is 292 g/mol. The fourth-order valence-corrected chi connectivity index (χ4v) is 3.69. The molecule has 2 N–H and O–H groups in total. The van der Waals surface area contributed by atoms with Gasteiger partial charge in [0.1, 0.15) is 5.82 Å². The number of carbonyl (C=O) groups is 1. The first-order chi connectivity index (χ1) is 9.44. The molecule has 3 nitrogen and oxygen atoms in total. The summed E-state index contributed by atoms with van der Waals surface area (Å²) in [7, 11) is 0. The van der Waals surface area contributed by atoms with E-state index in [0.717, 1.165) is 12.0 Å². The van der Waals surface area contributed by atoms with Crippen molar-refractivity contribution in [1.82, 2.24) is 0 Å². The van der Waals surface area contributed by atoms with Crippen molar-refractivity contribution >= 4 is 28.8 Å². The minimum Gasteiger partial charge on any atom is -0.392 e. The Morgan fingerprint density at radius 2 is 2.20 bits per heavy atom. The molecule has 0 bridgehead atoms. The van der Waals surface area contributed by atoms with Crippen LogP contribution >= 0.6 is 12.2 Å². The van der Waals surface area contributed by atoms with Crippen LogP contribution in [0.5, 0.6) is 0 Å². The van der Waals surface area contributed by atoms with E-state index >= 15 is 0 Å². The maximum atomic E-state index is 13.4. The number of amides is 1. The summed E-state index contributed by atoms with van der Waals surface area (Å²) in [5.74, 6) is 0.0669. The fraction of sp³-hybridized carbons (Fsp3) is 0.467. The SMILES string of the molecule is CC1CC(C(=O)N2CCc3ccc(F)cc32)(C(N)=S)C1. The maximum absolute atomic E-state index is 13.4. The molecule has 0 unspecified atom stereocenters. The summed E-state index contributed by atoms with van der Waals surface area (Å²) in [6.45, 7) is 2.66. The highest BCUT2D eigenvalue weighted by Crippen LogP contribution is 2.48. The van der Waals surface area contributed by atoms with E-state index in [2.05, 4.69) is 6.92 Å². The van der Waals surface area contributed by atoms with Gasteiger partial charge in [-0.2, -0.15) is 0 Å². The van der Waals surface area contributed by atoms with E-state index in [1.54, 1.807) is 11.0 Å². The summed E-state index contributed by atoms with van der Waals surface area (Å²) >= 11 is 5.13. The Hall–Kier alpha value is -1.49. The highest BCUT2D eigenvalue weighted by atomic mass is 32.1. The number of anilines is 1. The lowest BCUT2D eigenvalue weighted by Gasteiger charge is -2.46. The second kappa shape index (κ2) is 4.52. The van der Waals surface area contributed by atoms with Gasteiger partial charge in [0.25, 0.3) is 0 Å². The third-order valence-corrected chi connectivity index (χ3v) is 4.85. The van der Waals surface area contributed by atoms with Crippen molar-refractivity contribution in [2.45, 2.75) is 26.2 Å². The number of benzene rings is 1. The van der Waals surface area contributed by atoms with Crippen LogP contribution in [0.25, 0.3) is 0 Å². The molecule has 1 aromatic carbocycles. The first kappa shape index (κ1) is 13.5. The van der Waals surface area contributed by atoms with E-state index in [-0.39, 0.29) is 16.7 Å². The van der Waals surface area contributed by atoms with Crippen LogP contribution in [0.4, 0.5) is 10.1 Å². The second-order valence-corrected chi connectivity index (χ2v) is 6.38. The summed E-state index contributed by atoms with van der Waals surface area (Å²) in [5.41, 5.74) is 6.78. The molecule has 0 spiro atoms. The first-order valence-corrected chi connectivity index (χ1v) is 7.25. The Morgan fingerprint density at radius 1 is 1.50 bits per heavy atom. The normalized spacial score (nSPS) is 27.9. The molecule has 1 aromatic rings. The van der Waals surface area contributed by atoms with E-state index in [0.29, 0.717) is 31.0 Å². The minimum atomic E-state index is -0.720. The van der Waals surface area contributed by atoms with Gasteiger partial charge in [0, 0.05) is 12.2 Å². The number of carbonyl (C=O) groups excluding carboxylic acids is 1. The Kier molecular flexibility index (Phi) is 3.05. The molecular weight excluding hydrogens is 275 g/mol. The van der Waals surface area contributed by atoms with Crippen molar-refractivity contribution in [3.63, 3.8) is 0 Å². The van der Waals surface area contributed by atoms with Crippen molar-refractivity contribution in [3.05, 3.63) is 29.6 Å². The Balaban J connectivity index is 1.94. The Bertz CT molecular complexity index is 596. The van der Waals surface area contributed by atoms with Gasteiger partial charge in [0.2, 0.25) is 5.91 Å². The summed E-state index contributed by atoms with van der Waals surface area (Å²) in [5, 5.41) is 0. The quantitative estimate of drug-likeness (QED) is 0.852. The van der Waals surface area contributed by atoms with Gasteiger partial charge in [-0.25, -0.2) is 4.39 Å². The van der Waals surface area contributed by atoms with Crippen LogP contribution in [0.15, 0.2) is 18.2 Å².